The molecule has 1 unspecified atom stereocenters. The van der Waals surface area contributed by atoms with E-state index in [9.17, 15) is 0 Å². The second kappa shape index (κ2) is 5.66. The summed E-state index contributed by atoms with van der Waals surface area (Å²) in [5.41, 5.74) is 3.29. The third-order valence-electron chi connectivity index (χ3n) is 3.68. The van der Waals surface area contributed by atoms with Gasteiger partial charge in [0.15, 0.2) is 0 Å². The first kappa shape index (κ1) is 14.4. The highest BCUT2D eigenvalue weighted by atomic mass is 35.5. The minimum absolute atomic E-state index is 0.151. The standard InChI is InChI=1S/C16H15Cl2NO2/c1-20-11-3-9(4-12(7-11)21-2)15-6-10-5-13(17)14(18)8-16(10)19-15/h3-5,7-8,15,19H,6H2,1-2H3. The van der Waals surface area contributed by atoms with Crippen LogP contribution in [0, 0.1) is 0 Å². The van der Waals surface area contributed by atoms with Crippen LogP contribution in [0.3, 0.4) is 0 Å². The van der Waals surface area contributed by atoms with Gasteiger partial charge in [-0.05, 0) is 41.8 Å². The molecule has 3 rings (SSSR count). The third-order valence-corrected chi connectivity index (χ3v) is 4.40. The van der Waals surface area contributed by atoms with Crippen molar-refractivity contribution in [2.24, 2.45) is 0 Å². The van der Waals surface area contributed by atoms with Gasteiger partial charge in [0.2, 0.25) is 0 Å². The quantitative estimate of drug-likeness (QED) is 0.886. The normalized spacial score (nSPS) is 16.3. The molecule has 0 aliphatic carbocycles. The molecule has 1 atom stereocenters. The molecular formula is C16H15Cl2NO2. The molecule has 0 saturated heterocycles. The first-order valence-corrected chi connectivity index (χ1v) is 7.33. The number of rotatable bonds is 3. The summed E-state index contributed by atoms with van der Waals surface area (Å²) in [6.07, 6.45) is 0.850. The summed E-state index contributed by atoms with van der Waals surface area (Å²) in [6.45, 7) is 0. The fourth-order valence-corrected chi connectivity index (χ4v) is 2.93. The van der Waals surface area contributed by atoms with Crippen LogP contribution in [-0.4, -0.2) is 14.2 Å². The average Bonchev–Trinajstić information content (AvgIpc) is 2.90. The van der Waals surface area contributed by atoms with Gasteiger partial charge in [0.1, 0.15) is 11.5 Å². The topological polar surface area (TPSA) is 30.5 Å². The van der Waals surface area contributed by atoms with Crippen LogP contribution >= 0.6 is 23.2 Å². The van der Waals surface area contributed by atoms with Gasteiger partial charge in [0.25, 0.3) is 0 Å². The Balaban J connectivity index is 1.93. The second-order valence-corrected chi connectivity index (χ2v) is 5.78. The van der Waals surface area contributed by atoms with E-state index in [2.05, 4.69) is 5.32 Å². The van der Waals surface area contributed by atoms with Crippen molar-refractivity contribution in [3.05, 3.63) is 51.5 Å². The van der Waals surface area contributed by atoms with Crippen LogP contribution in [0.1, 0.15) is 17.2 Å². The number of methoxy groups -OCH3 is 2. The lowest BCUT2D eigenvalue weighted by Gasteiger charge is -2.14. The van der Waals surface area contributed by atoms with Crippen LogP contribution in [0.2, 0.25) is 10.0 Å². The number of fused-ring (bicyclic) bond motifs is 1. The average molecular weight is 324 g/mol. The molecule has 0 aromatic heterocycles. The summed E-state index contributed by atoms with van der Waals surface area (Å²) in [7, 11) is 3.30. The molecule has 0 fully saturated rings. The van der Waals surface area contributed by atoms with Crippen molar-refractivity contribution >= 4 is 28.9 Å². The molecule has 1 aliphatic rings. The molecule has 5 heteroatoms. The molecule has 1 heterocycles. The molecule has 1 aliphatic heterocycles. The first-order valence-electron chi connectivity index (χ1n) is 6.58. The van der Waals surface area contributed by atoms with Gasteiger partial charge in [-0.3, -0.25) is 0 Å². The van der Waals surface area contributed by atoms with Gasteiger partial charge < -0.3 is 14.8 Å². The highest BCUT2D eigenvalue weighted by Gasteiger charge is 2.24. The molecule has 0 radical (unpaired) electrons. The molecule has 0 amide bonds. The predicted octanol–water partition coefficient (Wildman–Crippen LogP) is 4.72. The van der Waals surface area contributed by atoms with E-state index in [1.807, 2.05) is 30.3 Å². The zero-order valence-corrected chi connectivity index (χ0v) is 13.3. The van der Waals surface area contributed by atoms with E-state index < -0.39 is 0 Å². The van der Waals surface area contributed by atoms with Gasteiger partial charge in [0.05, 0.1) is 30.3 Å². The van der Waals surface area contributed by atoms with E-state index >= 15 is 0 Å². The Morgan fingerprint density at radius 3 is 2.19 bits per heavy atom. The summed E-state index contributed by atoms with van der Waals surface area (Å²) in [4.78, 5) is 0. The highest BCUT2D eigenvalue weighted by Crippen LogP contribution is 2.40. The monoisotopic (exact) mass is 323 g/mol. The number of hydrogen-bond acceptors (Lipinski definition) is 3. The van der Waals surface area contributed by atoms with Gasteiger partial charge in [-0.15, -0.1) is 0 Å². The number of benzene rings is 2. The summed E-state index contributed by atoms with van der Waals surface area (Å²) in [5.74, 6) is 1.55. The maximum Gasteiger partial charge on any atom is 0.122 e. The van der Waals surface area contributed by atoms with Crippen LogP contribution in [0.4, 0.5) is 5.69 Å². The third kappa shape index (κ3) is 2.76. The lowest BCUT2D eigenvalue weighted by Crippen LogP contribution is -2.06. The Hall–Kier alpha value is -1.58. The molecule has 0 saturated carbocycles. The summed E-state index contributed by atoms with van der Waals surface area (Å²) < 4.78 is 10.6. The number of halogens is 2. The van der Waals surface area contributed by atoms with Gasteiger partial charge in [-0.2, -0.15) is 0 Å². The van der Waals surface area contributed by atoms with Crippen molar-refractivity contribution in [1.29, 1.82) is 0 Å². The second-order valence-electron chi connectivity index (χ2n) is 4.97. The highest BCUT2D eigenvalue weighted by molar-refractivity contribution is 6.42. The lowest BCUT2D eigenvalue weighted by molar-refractivity contribution is 0.393. The summed E-state index contributed by atoms with van der Waals surface area (Å²) >= 11 is 12.2. The Kier molecular flexibility index (Phi) is 3.87. The Bertz CT molecular complexity index is 635. The van der Waals surface area contributed by atoms with Crippen LogP contribution in [0.15, 0.2) is 30.3 Å². The van der Waals surface area contributed by atoms with Crippen molar-refractivity contribution in [2.75, 3.05) is 19.5 Å². The maximum atomic E-state index is 6.08. The number of ether oxygens (including phenoxy) is 2. The van der Waals surface area contributed by atoms with Crippen molar-refractivity contribution in [3.8, 4) is 11.5 Å². The number of anilines is 1. The van der Waals surface area contributed by atoms with Crippen LogP contribution in [0.5, 0.6) is 11.5 Å². The summed E-state index contributed by atoms with van der Waals surface area (Å²) in [5, 5.41) is 4.61. The van der Waals surface area contributed by atoms with Crippen LogP contribution in [-0.2, 0) is 6.42 Å². The van der Waals surface area contributed by atoms with Crippen molar-refractivity contribution < 1.29 is 9.47 Å². The van der Waals surface area contributed by atoms with E-state index in [1.165, 1.54) is 0 Å². The van der Waals surface area contributed by atoms with E-state index in [0.717, 1.165) is 34.7 Å². The largest absolute Gasteiger partial charge is 0.497 e. The maximum absolute atomic E-state index is 6.08. The fraction of sp³-hybridized carbons (Fsp3) is 0.250. The van der Waals surface area contributed by atoms with Gasteiger partial charge in [-0.1, -0.05) is 23.2 Å². The zero-order chi connectivity index (χ0) is 15.0. The van der Waals surface area contributed by atoms with Gasteiger partial charge in [0, 0.05) is 11.8 Å². The van der Waals surface area contributed by atoms with Crippen molar-refractivity contribution in [3.63, 3.8) is 0 Å². The van der Waals surface area contributed by atoms with Crippen LogP contribution < -0.4 is 14.8 Å². The van der Waals surface area contributed by atoms with Gasteiger partial charge >= 0.3 is 0 Å². The fourth-order valence-electron chi connectivity index (χ4n) is 2.58. The molecule has 0 bridgehead atoms. The molecule has 3 nitrogen and oxygen atoms in total. The molecule has 2 aromatic rings. The molecule has 1 N–H and O–H groups in total. The Morgan fingerprint density at radius 1 is 0.952 bits per heavy atom. The first-order chi connectivity index (χ1) is 10.1. The molecule has 110 valence electrons. The molecular weight excluding hydrogens is 309 g/mol. The smallest absolute Gasteiger partial charge is 0.122 e. The predicted molar refractivity (Wildman–Crippen MR) is 86.1 cm³/mol. The minimum Gasteiger partial charge on any atom is -0.497 e. The van der Waals surface area contributed by atoms with E-state index in [1.54, 1.807) is 14.2 Å². The van der Waals surface area contributed by atoms with Crippen molar-refractivity contribution in [2.45, 2.75) is 12.5 Å². The Labute approximate surface area is 133 Å². The Morgan fingerprint density at radius 2 is 1.57 bits per heavy atom. The molecule has 2 aromatic carbocycles. The SMILES string of the molecule is COc1cc(OC)cc(C2Cc3cc(Cl)c(Cl)cc3N2)c1. The number of hydrogen-bond donors (Lipinski definition) is 1. The van der Waals surface area contributed by atoms with E-state index in [4.69, 9.17) is 32.7 Å². The van der Waals surface area contributed by atoms with E-state index in [-0.39, 0.29) is 6.04 Å². The van der Waals surface area contributed by atoms with E-state index in [0.29, 0.717) is 10.0 Å². The minimum atomic E-state index is 0.151. The van der Waals surface area contributed by atoms with Gasteiger partial charge in [-0.25, -0.2) is 0 Å². The summed E-state index contributed by atoms with van der Waals surface area (Å²) in [6, 6.07) is 9.82. The molecule has 21 heavy (non-hydrogen) atoms. The lowest BCUT2D eigenvalue weighted by atomic mass is 10.0. The number of nitrogens with one attached hydrogen (secondary N) is 1. The zero-order valence-electron chi connectivity index (χ0n) is 11.7. The van der Waals surface area contributed by atoms with Crippen LogP contribution in [0.25, 0.3) is 0 Å². The van der Waals surface area contributed by atoms with Crippen molar-refractivity contribution in [1.82, 2.24) is 0 Å². The molecule has 0 spiro atoms.